The molecule has 3 aromatic rings. The molecule has 0 fully saturated rings. The molecule has 0 aliphatic carbocycles. The predicted octanol–water partition coefficient (Wildman–Crippen LogP) is 4.59. The minimum Gasteiger partial charge on any atom is -0.462 e. The Hall–Kier alpha value is -3.17. The Labute approximate surface area is 155 Å². The first-order chi connectivity index (χ1) is 12.1. The molecule has 2 aromatic carbocycles. The van der Waals surface area contributed by atoms with Crippen LogP contribution < -0.4 is 5.32 Å². The normalized spacial score (nSPS) is 9.88. The maximum atomic E-state index is 13.9. The highest BCUT2D eigenvalue weighted by molar-refractivity contribution is 5.96. The van der Waals surface area contributed by atoms with Crippen LogP contribution >= 0.6 is 12.4 Å². The van der Waals surface area contributed by atoms with Crippen LogP contribution in [0.3, 0.4) is 0 Å². The van der Waals surface area contributed by atoms with Crippen LogP contribution in [0.4, 0.5) is 15.8 Å². The van der Waals surface area contributed by atoms with Crippen molar-refractivity contribution in [1.82, 2.24) is 4.98 Å². The van der Waals surface area contributed by atoms with Crippen molar-refractivity contribution in [1.29, 1.82) is 5.26 Å². The maximum absolute atomic E-state index is 13.9. The van der Waals surface area contributed by atoms with Gasteiger partial charge in [-0.3, -0.25) is 4.98 Å². The molecule has 7 heteroatoms. The van der Waals surface area contributed by atoms with Crippen LogP contribution in [0.2, 0.25) is 0 Å². The van der Waals surface area contributed by atoms with E-state index in [0.29, 0.717) is 34.5 Å². The van der Waals surface area contributed by atoms with E-state index < -0.39 is 11.8 Å². The Balaban J connectivity index is 0.00000243. The first-order valence-corrected chi connectivity index (χ1v) is 7.65. The van der Waals surface area contributed by atoms with Crippen LogP contribution in [0.5, 0.6) is 0 Å². The minimum atomic E-state index is -0.456. The van der Waals surface area contributed by atoms with Crippen molar-refractivity contribution >= 4 is 40.7 Å². The zero-order valence-corrected chi connectivity index (χ0v) is 14.6. The number of esters is 1. The number of anilines is 2. The lowest BCUT2D eigenvalue weighted by molar-refractivity contribution is 0.0526. The molecule has 0 bridgehead atoms. The summed E-state index contributed by atoms with van der Waals surface area (Å²) in [5.41, 5.74) is 2.04. The number of pyridine rings is 1. The highest BCUT2D eigenvalue weighted by Gasteiger charge is 2.12. The minimum absolute atomic E-state index is 0. The maximum Gasteiger partial charge on any atom is 0.338 e. The van der Waals surface area contributed by atoms with Crippen LogP contribution in [0.1, 0.15) is 22.8 Å². The summed E-state index contributed by atoms with van der Waals surface area (Å²) in [6.07, 6.45) is 1.33. The van der Waals surface area contributed by atoms with Crippen molar-refractivity contribution < 1.29 is 13.9 Å². The fourth-order valence-electron chi connectivity index (χ4n) is 2.45. The fourth-order valence-corrected chi connectivity index (χ4v) is 2.45. The van der Waals surface area contributed by atoms with Gasteiger partial charge in [0, 0.05) is 17.3 Å². The first-order valence-electron chi connectivity index (χ1n) is 7.65. The van der Waals surface area contributed by atoms with Crippen molar-refractivity contribution in [3.05, 3.63) is 65.6 Å². The van der Waals surface area contributed by atoms with Crippen LogP contribution in [-0.2, 0) is 4.74 Å². The molecule has 26 heavy (non-hydrogen) atoms. The predicted molar refractivity (Wildman–Crippen MR) is 99.3 cm³/mol. The van der Waals surface area contributed by atoms with Crippen LogP contribution in [0.25, 0.3) is 10.9 Å². The Bertz CT molecular complexity index is 984. The van der Waals surface area contributed by atoms with E-state index in [0.717, 1.165) is 0 Å². The van der Waals surface area contributed by atoms with Gasteiger partial charge >= 0.3 is 5.97 Å². The van der Waals surface area contributed by atoms with Crippen molar-refractivity contribution in [2.45, 2.75) is 6.92 Å². The smallest absolute Gasteiger partial charge is 0.338 e. The van der Waals surface area contributed by atoms with Gasteiger partial charge in [0.2, 0.25) is 0 Å². The summed E-state index contributed by atoms with van der Waals surface area (Å²) in [7, 11) is 0. The number of benzene rings is 2. The molecule has 0 saturated carbocycles. The van der Waals surface area contributed by atoms with E-state index in [1.165, 1.54) is 12.3 Å². The third-order valence-electron chi connectivity index (χ3n) is 3.63. The van der Waals surface area contributed by atoms with Crippen molar-refractivity contribution in [2.75, 3.05) is 11.9 Å². The van der Waals surface area contributed by atoms with Crippen LogP contribution in [-0.4, -0.2) is 17.6 Å². The second kappa shape index (κ2) is 8.28. The first kappa shape index (κ1) is 19.2. The second-order valence-corrected chi connectivity index (χ2v) is 5.22. The van der Waals surface area contributed by atoms with Gasteiger partial charge in [0.1, 0.15) is 17.4 Å². The van der Waals surface area contributed by atoms with Crippen molar-refractivity contribution in [2.24, 2.45) is 0 Å². The van der Waals surface area contributed by atoms with Gasteiger partial charge in [-0.2, -0.15) is 5.26 Å². The number of carbonyl (C=O) groups is 1. The number of rotatable bonds is 4. The van der Waals surface area contributed by atoms with Crippen molar-refractivity contribution in [3.8, 4) is 6.07 Å². The lowest BCUT2D eigenvalue weighted by Crippen LogP contribution is -2.04. The highest BCUT2D eigenvalue weighted by atomic mass is 35.5. The molecule has 132 valence electrons. The molecule has 5 nitrogen and oxygen atoms in total. The molecule has 0 unspecified atom stereocenters. The molecule has 0 saturated heterocycles. The molecule has 1 N–H and O–H groups in total. The lowest BCUT2D eigenvalue weighted by Gasteiger charge is -2.12. The molecule has 0 aliphatic rings. The molecule has 0 aliphatic heterocycles. The van der Waals surface area contributed by atoms with Gasteiger partial charge in [-0.15, -0.1) is 12.4 Å². The van der Waals surface area contributed by atoms with E-state index in [-0.39, 0.29) is 17.9 Å². The number of ether oxygens (including phenoxy) is 1. The molecule has 1 heterocycles. The summed E-state index contributed by atoms with van der Waals surface area (Å²) in [5.74, 6) is -0.856. The van der Waals surface area contributed by atoms with Gasteiger partial charge in [-0.25, -0.2) is 9.18 Å². The Kier molecular flexibility index (Phi) is 6.10. The van der Waals surface area contributed by atoms with Gasteiger partial charge < -0.3 is 10.1 Å². The number of hydrogen-bond donors (Lipinski definition) is 1. The summed E-state index contributed by atoms with van der Waals surface area (Å²) in [6, 6.07) is 13.3. The van der Waals surface area contributed by atoms with E-state index in [1.54, 1.807) is 43.3 Å². The molecule has 0 radical (unpaired) electrons. The second-order valence-electron chi connectivity index (χ2n) is 5.22. The molecule has 1 aromatic heterocycles. The molecule has 0 spiro atoms. The topological polar surface area (TPSA) is 75.0 Å². The standard InChI is InChI=1S/C19H14FN3O2.ClH/c1-2-25-19(24)12-6-8-14(9-7-12)23-17-13(10-21)11-22-18-15(17)4-3-5-16(18)20;/h3-9,11H,2H2,1H3,(H,22,23);1H. The Morgan fingerprint density at radius 1 is 1.27 bits per heavy atom. The van der Waals surface area contributed by atoms with E-state index in [4.69, 9.17) is 4.74 Å². The van der Waals surface area contributed by atoms with Crippen LogP contribution in [0, 0.1) is 17.1 Å². The average molecular weight is 372 g/mol. The summed E-state index contributed by atoms with van der Waals surface area (Å²) < 4.78 is 18.9. The number of carbonyl (C=O) groups excluding carboxylic acids is 1. The van der Waals surface area contributed by atoms with E-state index in [2.05, 4.69) is 16.4 Å². The number of nitrogens with zero attached hydrogens (tertiary/aromatic N) is 2. The van der Waals surface area contributed by atoms with E-state index in [1.807, 2.05) is 0 Å². The third-order valence-corrected chi connectivity index (χ3v) is 3.63. The summed E-state index contributed by atoms with van der Waals surface area (Å²) in [5, 5.41) is 12.9. The number of halogens is 2. The third kappa shape index (κ3) is 3.73. The SMILES string of the molecule is CCOC(=O)c1ccc(Nc2c(C#N)cnc3c(F)cccc23)cc1.Cl. The van der Waals surface area contributed by atoms with Crippen LogP contribution in [0.15, 0.2) is 48.7 Å². The average Bonchev–Trinajstić information content (AvgIpc) is 2.63. The number of aromatic nitrogens is 1. The quantitative estimate of drug-likeness (QED) is 0.679. The number of hydrogen-bond acceptors (Lipinski definition) is 5. The number of para-hydroxylation sites is 1. The number of nitrogens with one attached hydrogen (secondary N) is 1. The zero-order chi connectivity index (χ0) is 17.8. The van der Waals surface area contributed by atoms with E-state index in [9.17, 15) is 14.4 Å². The zero-order valence-electron chi connectivity index (χ0n) is 13.8. The fraction of sp³-hybridized carbons (Fsp3) is 0.105. The Morgan fingerprint density at radius 2 is 2.00 bits per heavy atom. The molecular weight excluding hydrogens is 357 g/mol. The number of fused-ring (bicyclic) bond motifs is 1. The molecule has 3 rings (SSSR count). The molecule has 0 atom stereocenters. The highest BCUT2D eigenvalue weighted by Crippen LogP contribution is 2.30. The van der Waals surface area contributed by atoms with E-state index >= 15 is 0 Å². The summed E-state index contributed by atoms with van der Waals surface area (Å²) in [6.45, 7) is 2.05. The number of nitriles is 1. The monoisotopic (exact) mass is 371 g/mol. The van der Waals surface area contributed by atoms with Crippen molar-refractivity contribution in [3.63, 3.8) is 0 Å². The van der Waals surface area contributed by atoms with Gasteiger partial charge in [0.15, 0.2) is 0 Å². The lowest BCUT2D eigenvalue weighted by atomic mass is 10.1. The molecule has 0 amide bonds. The largest absolute Gasteiger partial charge is 0.462 e. The van der Waals surface area contributed by atoms with Gasteiger partial charge in [0.25, 0.3) is 0 Å². The van der Waals surface area contributed by atoms with Gasteiger partial charge in [0.05, 0.1) is 23.4 Å². The summed E-state index contributed by atoms with van der Waals surface area (Å²) >= 11 is 0. The van der Waals surface area contributed by atoms with Gasteiger partial charge in [-0.1, -0.05) is 12.1 Å². The summed E-state index contributed by atoms with van der Waals surface area (Å²) in [4.78, 5) is 15.7. The van der Waals surface area contributed by atoms with Gasteiger partial charge in [-0.05, 0) is 37.3 Å². The molecular formula is C19H15ClFN3O2. The Morgan fingerprint density at radius 3 is 2.65 bits per heavy atom.